The quantitative estimate of drug-likeness (QED) is 0.518. The van der Waals surface area contributed by atoms with Crippen molar-refractivity contribution < 1.29 is 0 Å². The van der Waals surface area contributed by atoms with Crippen LogP contribution in [0.25, 0.3) is 0 Å². The maximum absolute atomic E-state index is 6.28. The highest BCUT2D eigenvalue weighted by atomic mass is 32.2. The molecule has 2 aliphatic rings. The molecule has 3 unspecified atom stereocenters. The maximum atomic E-state index is 6.28. The summed E-state index contributed by atoms with van der Waals surface area (Å²) in [6.07, 6.45) is 7.32. The Morgan fingerprint density at radius 2 is 2.17 bits per heavy atom. The van der Waals surface area contributed by atoms with Crippen molar-refractivity contribution in [2.45, 2.75) is 49.9 Å². The third kappa shape index (κ3) is 4.99. The van der Waals surface area contributed by atoms with Crippen LogP contribution >= 0.6 is 11.8 Å². The van der Waals surface area contributed by atoms with Crippen LogP contribution in [-0.4, -0.2) is 53.7 Å². The molecule has 0 radical (unpaired) electrons. The minimum Gasteiger partial charge on any atom is -0.399 e. The van der Waals surface area contributed by atoms with E-state index in [1.165, 1.54) is 5.57 Å². The van der Waals surface area contributed by atoms with Gasteiger partial charge >= 0.3 is 0 Å². The first kappa shape index (κ1) is 19.3. The van der Waals surface area contributed by atoms with E-state index in [0.717, 1.165) is 44.6 Å². The summed E-state index contributed by atoms with van der Waals surface area (Å²) in [5.74, 6) is 0.686. The second kappa shape index (κ2) is 9.46. The number of nitrogens with one attached hydrogen (secondary N) is 1. The van der Waals surface area contributed by atoms with Gasteiger partial charge in [0.15, 0.2) is 0 Å². The predicted molar refractivity (Wildman–Crippen MR) is 105 cm³/mol. The molecule has 1 aliphatic heterocycles. The number of rotatable bonds is 8. The van der Waals surface area contributed by atoms with Gasteiger partial charge in [0.2, 0.25) is 0 Å². The van der Waals surface area contributed by atoms with Crippen LogP contribution in [-0.2, 0) is 0 Å². The van der Waals surface area contributed by atoms with E-state index in [4.69, 9.17) is 22.2 Å². The summed E-state index contributed by atoms with van der Waals surface area (Å²) in [5.41, 5.74) is 20.1. The molecule has 1 heterocycles. The summed E-state index contributed by atoms with van der Waals surface area (Å²) in [5, 5.41) is 3.98. The van der Waals surface area contributed by atoms with Gasteiger partial charge < -0.3 is 17.2 Å². The van der Waals surface area contributed by atoms with E-state index < -0.39 is 0 Å². The van der Waals surface area contributed by atoms with Gasteiger partial charge in [-0.25, -0.2) is 4.99 Å². The van der Waals surface area contributed by atoms with Gasteiger partial charge in [-0.2, -0.15) is 0 Å². The molecule has 0 aromatic heterocycles. The highest BCUT2D eigenvalue weighted by molar-refractivity contribution is 8.01. The Labute approximate surface area is 150 Å². The zero-order valence-electron chi connectivity index (χ0n) is 14.9. The summed E-state index contributed by atoms with van der Waals surface area (Å²) in [4.78, 5) is 7.15. The molecular formula is C17H32N6S. The molecule has 0 amide bonds. The summed E-state index contributed by atoms with van der Waals surface area (Å²) in [7, 11) is 0. The highest BCUT2D eigenvalue weighted by Crippen LogP contribution is 2.31. The van der Waals surface area contributed by atoms with Crippen molar-refractivity contribution in [1.82, 2.24) is 10.2 Å². The maximum Gasteiger partial charge on any atom is 0.123 e. The summed E-state index contributed by atoms with van der Waals surface area (Å²) in [6, 6.07) is 0. The third-order valence-corrected chi connectivity index (χ3v) is 6.08. The Kier molecular flexibility index (Phi) is 7.61. The largest absolute Gasteiger partial charge is 0.399 e. The first-order valence-electron chi connectivity index (χ1n) is 8.85. The molecule has 0 saturated carbocycles. The smallest absolute Gasteiger partial charge is 0.123 e. The number of aliphatic imine (C=N–C) groups is 1. The molecule has 0 spiro atoms. The Hall–Kier alpha value is -1.02. The van der Waals surface area contributed by atoms with Gasteiger partial charge in [-0.15, -0.1) is 11.8 Å². The lowest BCUT2D eigenvalue weighted by Gasteiger charge is -2.35. The van der Waals surface area contributed by atoms with E-state index in [1.807, 2.05) is 17.8 Å². The first-order chi connectivity index (χ1) is 11.6. The monoisotopic (exact) mass is 352 g/mol. The Balaban J connectivity index is 1.98. The number of hydrogen-bond donors (Lipinski definition) is 4. The summed E-state index contributed by atoms with van der Waals surface area (Å²) < 4.78 is 0. The van der Waals surface area contributed by atoms with Crippen LogP contribution in [0.15, 0.2) is 28.4 Å². The Morgan fingerprint density at radius 1 is 1.38 bits per heavy atom. The Morgan fingerprint density at radius 3 is 2.83 bits per heavy atom. The third-order valence-electron chi connectivity index (χ3n) is 4.52. The van der Waals surface area contributed by atoms with Crippen molar-refractivity contribution in [3.63, 3.8) is 0 Å². The van der Waals surface area contributed by atoms with Crippen LogP contribution in [0.5, 0.6) is 0 Å². The fraction of sp³-hybridized carbons (Fsp3) is 0.706. The lowest BCUT2D eigenvalue weighted by molar-refractivity contribution is 0.192. The number of thioether (sulfide) groups is 1. The van der Waals surface area contributed by atoms with E-state index in [-0.39, 0.29) is 11.5 Å². The molecule has 0 fully saturated rings. The van der Waals surface area contributed by atoms with E-state index in [1.54, 1.807) is 0 Å². The average molecular weight is 353 g/mol. The van der Waals surface area contributed by atoms with Gasteiger partial charge in [-0.1, -0.05) is 13.0 Å². The predicted octanol–water partition coefficient (Wildman–Crippen LogP) is 0.954. The molecule has 3 atom stereocenters. The van der Waals surface area contributed by atoms with Gasteiger partial charge in [0.25, 0.3) is 0 Å². The molecule has 136 valence electrons. The minimum atomic E-state index is 0.0542. The van der Waals surface area contributed by atoms with Gasteiger partial charge in [0, 0.05) is 24.0 Å². The fourth-order valence-corrected chi connectivity index (χ4v) is 4.34. The molecule has 24 heavy (non-hydrogen) atoms. The van der Waals surface area contributed by atoms with Crippen molar-refractivity contribution in [3.05, 3.63) is 23.4 Å². The van der Waals surface area contributed by atoms with Gasteiger partial charge in [-0.05, 0) is 50.9 Å². The number of nitrogens with two attached hydrogens (primary N) is 3. The number of hydrogen-bond acceptors (Lipinski definition) is 7. The van der Waals surface area contributed by atoms with Crippen LogP contribution in [0.2, 0.25) is 0 Å². The van der Waals surface area contributed by atoms with Crippen molar-refractivity contribution in [2.75, 3.05) is 26.2 Å². The second-order valence-corrected chi connectivity index (χ2v) is 7.71. The van der Waals surface area contributed by atoms with Crippen LogP contribution in [0.4, 0.5) is 0 Å². The van der Waals surface area contributed by atoms with Crippen molar-refractivity contribution in [1.29, 1.82) is 0 Å². The molecule has 0 aromatic rings. The molecule has 7 heteroatoms. The number of nitrogens with zero attached hydrogens (tertiary/aromatic N) is 2. The second-order valence-electron chi connectivity index (χ2n) is 6.40. The topological polar surface area (TPSA) is 106 Å². The molecule has 1 aliphatic carbocycles. The van der Waals surface area contributed by atoms with Gasteiger partial charge in [0.1, 0.15) is 17.4 Å². The molecule has 6 nitrogen and oxygen atoms in total. The SMILES string of the molecule is CCCN(CCCN)C1CNC(SC2CC=CC(N)=C2C)C(N)=N1. The fourth-order valence-electron chi connectivity index (χ4n) is 3.06. The lowest BCUT2D eigenvalue weighted by Crippen LogP contribution is -2.53. The van der Waals surface area contributed by atoms with Crippen molar-refractivity contribution >= 4 is 17.6 Å². The van der Waals surface area contributed by atoms with Crippen LogP contribution < -0.4 is 22.5 Å². The number of allylic oxidation sites excluding steroid dienone is 2. The lowest BCUT2D eigenvalue weighted by atomic mass is 10.0. The molecule has 0 aromatic carbocycles. The molecule has 7 N–H and O–H groups in total. The standard InChI is InChI=1S/C17H32N6S/c1-3-9-23(10-5-8-18)15-11-21-17(16(20)22-15)24-14-7-4-6-13(19)12(14)2/h4,6,14-15,17,21H,3,5,7-11,18-19H2,1-2H3,(H2,20,22). The van der Waals surface area contributed by atoms with Crippen molar-refractivity contribution in [2.24, 2.45) is 22.2 Å². The van der Waals surface area contributed by atoms with E-state index in [2.05, 4.69) is 30.1 Å². The van der Waals surface area contributed by atoms with Crippen LogP contribution in [0, 0.1) is 0 Å². The zero-order valence-corrected chi connectivity index (χ0v) is 15.7. The van der Waals surface area contributed by atoms with Crippen LogP contribution in [0.3, 0.4) is 0 Å². The number of amidine groups is 1. The normalized spacial score (nSPS) is 27.7. The van der Waals surface area contributed by atoms with E-state index >= 15 is 0 Å². The van der Waals surface area contributed by atoms with Gasteiger partial charge in [-0.3, -0.25) is 10.2 Å². The zero-order chi connectivity index (χ0) is 17.5. The minimum absolute atomic E-state index is 0.0542. The average Bonchev–Trinajstić information content (AvgIpc) is 2.57. The molecule has 2 rings (SSSR count). The summed E-state index contributed by atoms with van der Waals surface area (Å²) in [6.45, 7) is 7.81. The van der Waals surface area contributed by atoms with E-state index in [0.29, 0.717) is 17.6 Å². The van der Waals surface area contributed by atoms with Crippen molar-refractivity contribution in [3.8, 4) is 0 Å². The van der Waals surface area contributed by atoms with E-state index in [9.17, 15) is 0 Å². The summed E-state index contributed by atoms with van der Waals surface area (Å²) >= 11 is 1.81. The Bertz CT molecular complexity index is 501. The highest BCUT2D eigenvalue weighted by Gasteiger charge is 2.29. The van der Waals surface area contributed by atoms with Crippen LogP contribution in [0.1, 0.15) is 33.1 Å². The molecular weight excluding hydrogens is 320 g/mol. The van der Waals surface area contributed by atoms with Gasteiger partial charge in [0.05, 0.1) is 0 Å². The molecule has 0 saturated heterocycles. The molecule has 0 bridgehead atoms. The first-order valence-corrected chi connectivity index (χ1v) is 9.80.